The van der Waals surface area contributed by atoms with Gasteiger partial charge in [0.15, 0.2) is 0 Å². The fourth-order valence-electron chi connectivity index (χ4n) is 2.42. The lowest BCUT2D eigenvalue weighted by Gasteiger charge is -2.17. The smallest absolute Gasteiger partial charge is 0.326 e. The second kappa shape index (κ2) is 5.85. The number of hydrogen-bond acceptors (Lipinski definition) is 3. The summed E-state index contributed by atoms with van der Waals surface area (Å²) in [5, 5.41) is 10.3. The molecule has 0 aliphatic rings. The number of aliphatic carboxylic acids is 1. The predicted octanol–water partition coefficient (Wildman–Crippen LogP) is 3.36. The minimum absolute atomic E-state index is 0.306. The Balaban J connectivity index is 2.38. The molecular weight excluding hydrogens is 316 g/mol. The fraction of sp³-hybridized carbons (Fsp3) is 0.118. The van der Waals surface area contributed by atoms with E-state index in [9.17, 15) is 14.7 Å². The number of carbonyl (C=O) groups is 1. The van der Waals surface area contributed by atoms with Crippen molar-refractivity contribution in [3.8, 4) is 11.4 Å². The summed E-state index contributed by atoms with van der Waals surface area (Å²) in [7, 11) is 0. The number of aromatic nitrogens is 2. The van der Waals surface area contributed by atoms with Gasteiger partial charge in [0.2, 0.25) is 0 Å². The number of carboxylic acid groups (broad SMARTS) is 1. The van der Waals surface area contributed by atoms with Gasteiger partial charge in [0.05, 0.1) is 10.9 Å². The number of nitrogens with zero attached hydrogens (tertiary/aromatic N) is 2. The molecule has 6 heteroatoms. The summed E-state index contributed by atoms with van der Waals surface area (Å²) in [6.07, 6.45) is 0. The van der Waals surface area contributed by atoms with Gasteiger partial charge in [-0.1, -0.05) is 23.7 Å². The van der Waals surface area contributed by atoms with Crippen molar-refractivity contribution in [2.75, 3.05) is 0 Å². The van der Waals surface area contributed by atoms with Crippen LogP contribution >= 0.6 is 11.6 Å². The van der Waals surface area contributed by atoms with Crippen molar-refractivity contribution in [1.82, 2.24) is 9.55 Å². The third kappa shape index (κ3) is 2.71. The van der Waals surface area contributed by atoms with Crippen molar-refractivity contribution in [3.63, 3.8) is 0 Å². The quantitative estimate of drug-likeness (QED) is 0.800. The third-order valence-electron chi connectivity index (χ3n) is 3.65. The molecular formula is C17H13ClN2O3. The topological polar surface area (TPSA) is 72.2 Å². The summed E-state index contributed by atoms with van der Waals surface area (Å²) in [6, 6.07) is 12.6. The number of hydrogen-bond donors (Lipinski definition) is 1. The molecule has 2 aromatic carbocycles. The number of carboxylic acids is 1. The van der Waals surface area contributed by atoms with Gasteiger partial charge in [0.1, 0.15) is 11.9 Å². The highest BCUT2D eigenvalue weighted by atomic mass is 35.5. The molecule has 0 saturated heterocycles. The van der Waals surface area contributed by atoms with Crippen LogP contribution in [0, 0.1) is 0 Å². The Morgan fingerprint density at radius 2 is 1.83 bits per heavy atom. The van der Waals surface area contributed by atoms with Crippen LogP contribution in [0.1, 0.15) is 13.0 Å². The summed E-state index contributed by atoms with van der Waals surface area (Å²) < 4.78 is 1.20. The first-order chi connectivity index (χ1) is 11.0. The summed E-state index contributed by atoms with van der Waals surface area (Å²) >= 11 is 5.90. The molecule has 1 heterocycles. The molecule has 3 rings (SSSR count). The van der Waals surface area contributed by atoms with E-state index in [0.29, 0.717) is 27.3 Å². The van der Waals surface area contributed by atoms with Crippen LogP contribution in [0.15, 0.2) is 53.3 Å². The van der Waals surface area contributed by atoms with Crippen molar-refractivity contribution in [2.24, 2.45) is 0 Å². The lowest BCUT2D eigenvalue weighted by atomic mass is 10.1. The fourth-order valence-corrected chi connectivity index (χ4v) is 2.54. The Labute approximate surface area is 136 Å². The molecule has 0 aliphatic heterocycles. The molecule has 1 atom stereocenters. The molecule has 0 saturated carbocycles. The van der Waals surface area contributed by atoms with Gasteiger partial charge in [0, 0.05) is 10.6 Å². The van der Waals surface area contributed by atoms with E-state index in [1.165, 1.54) is 11.5 Å². The van der Waals surface area contributed by atoms with Gasteiger partial charge in [0.25, 0.3) is 5.56 Å². The second-order valence-electron chi connectivity index (χ2n) is 5.15. The van der Waals surface area contributed by atoms with Crippen LogP contribution in [0.25, 0.3) is 22.3 Å². The third-order valence-corrected chi connectivity index (χ3v) is 3.91. The molecule has 0 aliphatic carbocycles. The predicted molar refractivity (Wildman–Crippen MR) is 88.8 cm³/mol. The molecule has 5 nitrogen and oxygen atoms in total. The Hall–Kier alpha value is -2.66. The average Bonchev–Trinajstić information content (AvgIpc) is 2.55. The largest absolute Gasteiger partial charge is 0.480 e. The first-order valence-corrected chi connectivity index (χ1v) is 7.37. The maximum Gasteiger partial charge on any atom is 0.326 e. The number of fused-ring (bicyclic) bond motifs is 1. The van der Waals surface area contributed by atoms with Crippen LogP contribution in [-0.2, 0) is 4.79 Å². The summed E-state index contributed by atoms with van der Waals surface area (Å²) in [6.45, 7) is 1.46. The monoisotopic (exact) mass is 328 g/mol. The standard InChI is InChI=1S/C17H13ClN2O3/c1-10(17(22)23)20-15(11-6-8-12(18)9-7-11)19-14-5-3-2-4-13(14)16(20)21/h2-10H,1H3,(H,22,23). The van der Waals surface area contributed by atoms with Crippen LogP contribution in [0.5, 0.6) is 0 Å². The second-order valence-corrected chi connectivity index (χ2v) is 5.59. The van der Waals surface area contributed by atoms with Crippen molar-refractivity contribution in [1.29, 1.82) is 0 Å². The van der Waals surface area contributed by atoms with E-state index in [0.717, 1.165) is 0 Å². The minimum atomic E-state index is -1.10. The minimum Gasteiger partial charge on any atom is -0.480 e. The first-order valence-electron chi connectivity index (χ1n) is 6.99. The molecule has 0 bridgehead atoms. The number of halogens is 1. The Morgan fingerprint density at radius 1 is 1.17 bits per heavy atom. The SMILES string of the molecule is CC(C(=O)O)n1c(-c2ccc(Cl)cc2)nc2ccccc2c1=O. The van der Waals surface area contributed by atoms with E-state index in [1.807, 2.05) is 0 Å². The van der Waals surface area contributed by atoms with Crippen molar-refractivity contribution in [3.05, 3.63) is 63.9 Å². The van der Waals surface area contributed by atoms with Gasteiger partial charge < -0.3 is 5.11 Å². The maximum atomic E-state index is 12.8. The van der Waals surface area contributed by atoms with Crippen LogP contribution in [0.4, 0.5) is 0 Å². The average molecular weight is 329 g/mol. The lowest BCUT2D eigenvalue weighted by molar-refractivity contribution is -0.140. The van der Waals surface area contributed by atoms with Crippen molar-refractivity contribution < 1.29 is 9.90 Å². The Morgan fingerprint density at radius 3 is 2.48 bits per heavy atom. The van der Waals surface area contributed by atoms with Gasteiger partial charge in [-0.05, 0) is 43.3 Å². The van der Waals surface area contributed by atoms with Crippen molar-refractivity contribution >= 4 is 28.5 Å². The van der Waals surface area contributed by atoms with E-state index < -0.39 is 12.0 Å². The van der Waals surface area contributed by atoms with Crippen LogP contribution in [-0.4, -0.2) is 20.6 Å². The number of rotatable bonds is 3. The molecule has 1 unspecified atom stereocenters. The molecule has 23 heavy (non-hydrogen) atoms. The molecule has 1 N–H and O–H groups in total. The summed E-state index contributed by atoms with van der Waals surface area (Å²) in [5.74, 6) is -0.792. The Kier molecular flexibility index (Phi) is 3.88. The zero-order valence-electron chi connectivity index (χ0n) is 12.2. The molecule has 1 aromatic heterocycles. The molecule has 0 fully saturated rings. The van der Waals surface area contributed by atoms with Gasteiger partial charge in [-0.15, -0.1) is 0 Å². The lowest BCUT2D eigenvalue weighted by Crippen LogP contribution is -2.30. The summed E-state index contributed by atoms with van der Waals surface area (Å²) in [4.78, 5) is 28.7. The molecule has 0 radical (unpaired) electrons. The number of para-hydroxylation sites is 1. The zero-order chi connectivity index (χ0) is 16.6. The molecule has 0 spiro atoms. The van der Waals surface area contributed by atoms with Crippen LogP contribution in [0.3, 0.4) is 0 Å². The van der Waals surface area contributed by atoms with E-state index in [-0.39, 0.29) is 5.56 Å². The molecule has 0 amide bonds. The van der Waals surface area contributed by atoms with Crippen LogP contribution in [0.2, 0.25) is 5.02 Å². The van der Waals surface area contributed by atoms with Gasteiger partial charge in [-0.25, -0.2) is 9.78 Å². The highest BCUT2D eigenvalue weighted by Gasteiger charge is 2.21. The summed E-state index contributed by atoms with van der Waals surface area (Å²) in [5.41, 5.74) is 0.775. The van der Waals surface area contributed by atoms with Gasteiger partial charge in [-0.3, -0.25) is 9.36 Å². The highest BCUT2D eigenvalue weighted by Crippen LogP contribution is 2.23. The van der Waals surface area contributed by atoms with E-state index in [4.69, 9.17) is 11.6 Å². The van der Waals surface area contributed by atoms with E-state index >= 15 is 0 Å². The first kappa shape index (κ1) is 15.2. The maximum absolute atomic E-state index is 12.8. The Bertz CT molecular complexity index is 948. The van der Waals surface area contributed by atoms with Gasteiger partial charge in [-0.2, -0.15) is 0 Å². The molecule has 3 aromatic rings. The van der Waals surface area contributed by atoms with E-state index in [2.05, 4.69) is 4.98 Å². The normalized spacial score (nSPS) is 12.3. The number of benzene rings is 2. The van der Waals surface area contributed by atoms with Crippen LogP contribution < -0.4 is 5.56 Å². The molecule has 116 valence electrons. The highest BCUT2D eigenvalue weighted by molar-refractivity contribution is 6.30. The van der Waals surface area contributed by atoms with Crippen molar-refractivity contribution in [2.45, 2.75) is 13.0 Å². The van der Waals surface area contributed by atoms with Gasteiger partial charge >= 0.3 is 5.97 Å². The van der Waals surface area contributed by atoms with E-state index in [1.54, 1.807) is 48.5 Å². The zero-order valence-corrected chi connectivity index (χ0v) is 13.0.